The van der Waals surface area contributed by atoms with Gasteiger partial charge in [0.1, 0.15) is 11.9 Å². The Morgan fingerprint density at radius 1 is 1.38 bits per heavy atom. The maximum atomic E-state index is 12.0. The monoisotopic (exact) mass is 304 g/mol. The summed E-state index contributed by atoms with van der Waals surface area (Å²) in [5, 5.41) is 12.4. The SMILES string of the molecule is N#Cc1cnc(N2CCC(C(=O)NC3CC3)CC2)c(Cl)c1. The normalized spacial score (nSPS) is 19.1. The molecule has 2 aliphatic rings. The molecule has 5 nitrogen and oxygen atoms in total. The van der Waals surface area contributed by atoms with Crippen LogP contribution in [0.25, 0.3) is 0 Å². The van der Waals surface area contributed by atoms with Crippen molar-refractivity contribution in [2.24, 2.45) is 5.92 Å². The molecule has 0 unspecified atom stereocenters. The fourth-order valence-corrected chi connectivity index (χ4v) is 2.91. The van der Waals surface area contributed by atoms with Crippen molar-refractivity contribution in [2.75, 3.05) is 18.0 Å². The molecule has 3 rings (SSSR count). The van der Waals surface area contributed by atoms with Crippen LogP contribution < -0.4 is 10.2 Å². The van der Waals surface area contributed by atoms with Crippen LogP contribution in [0.5, 0.6) is 0 Å². The first kappa shape index (κ1) is 14.2. The van der Waals surface area contributed by atoms with E-state index in [0.717, 1.165) is 38.8 Å². The van der Waals surface area contributed by atoms with Gasteiger partial charge in [-0.25, -0.2) is 4.98 Å². The number of nitrogens with one attached hydrogen (secondary N) is 1. The average molecular weight is 305 g/mol. The highest BCUT2D eigenvalue weighted by Crippen LogP contribution is 2.29. The summed E-state index contributed by atoms with van der Waals surface area (Å²) in [7, 11) is 0. The summed E-state index contributed by atoms with van der Waals surface area (Å²) in [5.41, 5.74) is 0.461. The fourth-order valence-electron chi connectivity index (χ4n) is 2.62. The Hall–Kier alpha value is -1.80. The van der Waals surface area contributed by atoms with Gasteiger partial charge in [-0.2, -0.15) is 5.26 Å². The van der Waals surface area contributed by atoms with Crippen molar-refractivity contribution >= 4 is 23.3 Å². The molecule has 0 atom stereocenters. The lowest BCUT2D eigenvalue weighted by atomic mass is 9.96. The summed E-state index contributed by atoms with van der Waals surface area (Å²) in [6.07, 6.45) is 5.41. The quantitative estimate of drug-likeness (QED) is 0.928. The third-order valence-corrected chi connectivity index (χ3v) is 4.32. The van der Waals surface area contributed by atoms with E-state index in [-0.39, 0.29) is 11.8 Å². The van der Waals surface area contributed by atoms with Gasteiger partial charge in [-0.05, 0) is 31.7 Å². The van der Waals surface area contributed by atoms with Crippen molar-refractivity contribution in [2.45, 2.75) is 31.7 Å². The van der Waals surface area contributed by atoms with E-state index in [4.69, 9.17) is 16.9 Å². The number of carbonyl (C=O) groups excluding carboxylic acids is 1. The Morgan fingerprint density at radius 2 is 2.10 bits per heavy atom. The number of anilines is 1. The van der Waals surface area contributed by atoms with Crippen LogP contribution in [-0.2, 0) is 4.79 Å². The molecule has 2 fully saturated rings. The molecule has 1 aliphatic heterocycles. The fraction of sp³-hybridized carbons (Fsp3) is 0.533. The third kappa shape index (κ3) is 3.27. The van der Waals surface area contributed by atoms with Crippen molar-refractivity contribution in [3.8, 4) is 6.07 Å². The zero-order valence-electron chi connectivity index (χ0n) is 11.7. The maximum Gasteiger partial charge on any atom is 0.223 e. The van der Waals surface area contributed by atoms with E-state index in [1.54, 1.807) is 6.07 Å². The van der Waals surface area contributed by atoms with Gasteiger partial charge in [0.05, 0.1) is 10.6 Å². The van der Waals surface area contributed by atoms with Gasteiger partial charge in [-0.1, -0.05) is 11.6 Å². The highest BCUT2D eigenvalue weighted by Gasteiger charge is 2.30. The first-order valence-corrected chi connectivity index (χ1v) is 7.66. The van der Waals surface area contributed by atoms with Gasteiger partial charge in [0.25, 0.3) is 0 Å². The topological polar surface area (TPSA) is 69.0 Å². The van der Waals surface area contributed by atoms with E-state index in [1.807, 2.05) is 6.07 Å². The van der Waals surface area contributed by atoms with Gasteiger partial charge in [-0.15, -0.1) is 0 Å². The van der Waals surface area contributed by atoms with E-state index >= 15 is 0 Å². The van der Waals surface area contributed by atoms with Crippen LogP contribution in [-0.4, -0.2) is 30.0 Å². The molecule has 6 heteroatoms. The van der Waals surface area contributed by atoms with Gasteiger partial charge in [0, 0.05) is 31.2 Å². The Kier molecular flexibility index (Phi) is 3.98. The molecule has 0 aromatic carbocycles. The van der Waals surface area contributed by atoms with Crippen molar-refractivity contribution in [1.29, 1.82) is 5.26 Å². The van der Waals surface area contributed by atoms with E-state index < -0.39 is 0 Å². The van der Waals surface area contributed by atoms with Crippen molar-refractivity contribution < 1.29 is 4.79 Å². The number of halogens is 1. The molecule has 0 radical (unpaired) electrons. The summed E-state index contributed by atoms with van der Waals surface area (Å²) in [6.45, 7) is 1.53. The Balaban J connectivity index is 1.60. The van der Waals surface area contributed by atoms with Crippen LogP contribution in [0.15, 0.2) is 12.3 Å². The molecule has 1 aromatic heterocycles. The smallest absolute Gasteiger partial charge is 0.223 e. The molecule has 0 bridgehead atoms. The van der Waals surface area contributed by atoms with Crippen molar-refractivity contribution in [3.05, 3.63) is 22.8 Å². The summed E-state index contributed by atoms with van der Waals surface area (Å²) >= 11 is 6.18. The summed E-state index contributed by atoms with van der Waals surface area (Å²) < 4.78 is 0. The number of nitrogens with zero attached hydrogens (tertiary/aromatic N) is 3. The van der Waals surface area contributed by atoms with E-state index in [0.29, 0.717) is 22.4 Å². The standard InChI is InChI=1S/C15H17ClN4O/c16-13-7-10(8-17)9-18-14(13)20-5-3-11(4-6-20)15(21)19-12-1-2-12/h7,9,11-12H,1-6H2,(H,19,21). The van der Waals surface area contributed by atoms with Gasteiger partial charge >= 0.3 is 0 Å². The van der Waals surface area contributed by atoms with Gasteiger partial charge in [0.2, 0.25) is 5.91 Å². The van der Waals surface area contributed by atoms with Crippen LogP contribution in [0.3, 0.4) is 0 Å². The molecule has 1 aliphatic carbocycles. The van der Waals surface area contributed by atoms with E-state index in [2.05, 4.69) is 15.2 Å². The number of pyridine rings is 1. The molecule has 1 aromatic rings. The molecule has 1 amide bonds. The summed E-state index contributed by atoms with van der Waals surface area (Å²) in [6, 6.07) is 4.08. The Morgan fingerprint density at radius 3 is 2.67 bits per heavy atom. The third-order valence-electron chi connectivity index (χ3n) is 4.04. The van der Waals surface area contributed by atoms with Crippen molar-refractivity contribution in [3.63, 3.8) is 0 Å². The predicted octanol–water partition coefficient (Wildman–Crippen LogP) is 2.10. The summed E-state index contributed by atoms with van der Waals surface area (Å²) in [5.74, 6) is 0.992. The Bertz CT molecular complexity index is 586. The average Bonchev–Trinajstić information content (AvgIpc) is 3.31. The maximum absolute atomic E-state index is 12.0. The minimum Gasteiger partial charge on any atom is -0.355 e. The highest BCUT2D eigenvalue weighted by atomic mass is 35.5. The lowest BCUT2D eigenvalue weighted by Crippen LogP contribution is -2.41. The minimum atomic E-state index is 0.0963. The van der Waals surface area contributed by atoms with Crippen LogP contribution in [0.2, 0.25) is 5.02 Å². The van der Waals surface area contributed by atoms with Gasteiger partial charge in [-0.3, -0.25) is 4.79 Å². The lowest BCUT2D eigenvalue weighted by molar-refractivity contribution is -0.125. The molecule has 21 heavy (non-hydrogen) atoms. The second-order valence-electron chi connectivity index (χ2n) is 5.69. The van der Waals surface area contributed by atoms with Crippen LogP contribution in [0, 0.1) is 17.2 Å². The Labute approximate surface area is 128 Å². The molecule has 1 saturated carbocycles. The van der Waals surface area contributed by atoms with E-state index in [9.17, 15) is 4.79 Å². The highest BCUT2D eigenvalue weighted by molar-refractivity contribution is 6.33. The van der Waals surface area contributed by atoms with Crippen LogP contribution in [0.1, 0.15) is 31.2 Å². The minimum absolute atomic E-state index is 0.0963. The number of nitriles is 1. The second kappa shape index (κ2) is 5.90. The number of piperidine rings is 1. The number of aromatic nitrogens is 1. The zero-order valence-corrected chi connectivity index (χ0v) is 12.4. The number of amides is 1. The summed E-state index contributed by atoms with van der Waals surface area (Å²) in [4.78, 5) is 18.4. The number of hydrogen-bond acceptors (Lipinski definition) is 4. The predicted molar refractivity (Wildman–Crippen MR) is 80.1 cm³/mol. The van der Waals surface area contributed by atoms with Crippen LogP contribution >= 0.6 is 11.6 Å². The van der Waals surface area contributed by atoms with Gasteiger partial charge < -0.3 is 10.2 Å². The first-order chi connectivity index (χ1) is 10.2. The molecule has 0 spiro atoms. The van der Waals surface area contributed by atoms with Crippen molar-refractivity contribution in [1.82, 2.24) is 10.3 Å². The molecule has 110 valence electrons. The number of rotatable bonds is 3. The molecular formula is C15H17ClN4O. The van der Waals surface area contributed by atoms with Crippen LogP contribution in [0.4, 0.5) is 5.82 Å². The first-order valence-electron chi connectivity index (χ1n) is 7.28. The number of hydrogen-bond donors (Lipinski definition) is 1. The zero-order chi connectivity index (χ0) is 14.8. The molecule has 1 N–H and O–H groups in total. The van der Waals surface area contributed by atoms with Gasteiger partial charge in [0.15, 0.2) is 0 Å². The number of carbonyl (C=O) groups is 1. The van der Waals surface area contributed by atoms with E-state index in [1.165, 1.54) is 6.20 Å². The largest absolute Gasteiger partial charge is 0.355 e. The molecule has 1 saturated heterocycles. The molecule has 2 heterocycles. The molecular weight excluding hydrogens is 288 g/mol. The lowest BCUT2D eigenvalue weighted by Gasteiger charge is -2.32. The second-order valence-corrected chi connectivity index (χ2v) is 6.09.